The predicted octanol–water partition coefficient (Wildman–Crippen LogP) is 6.03. The molecule has 0 aliphatic carbocycles. The summed E-state index contributed by atoms with van der Waals surface area (Å²) in [7, 11) is -1.88. The summed E-state index contributed by atoms with van der Waals surface area (Å²) in [4.78, 5) is 23.1. The van der Waals surface area contributed by atoms with E-state index < -0.39 is 8.07 Å². The highest BCUT2D eigenvalue weighted by molar-refractivity contribution is 6.91. The fourth-order valence-electron chi connectivity index (χ4n) is 4.73. The van der Waals surface area contributed by atoms with E-state index in [9.17, 15) is 9.59 Å². The lowest BCUT2D eigenvalue weighted by atomic mass is 9.88. The molecule has 4 nitrogen and oxygen atoms in total. The third kappa shape index (κ3) is 7.98. The standard InChI is InChI=1S/C29H40O4Si/c1-21(18-22(2)29(33-25(5)31)23(3)20-32-24(4)30)19-28(26-14-10-8-11-15-26)34(6,7)27-16-12-9-13-17-27/h8-17,19,22-23,28-29H,18,20H2,1-7H3/b21-19+/t22-,23-,28+,29-/m0/s1. The summed E-state index contributed by atoms with van der Waals surface area (Å²) in [6.07, 6.45) is 2.90. The van der Waals surface area contributed by atoms with Crippen molar-refractivity contribution in [2.75, 3.05) is 6.61 Å². The Morgan fingerprint density at radius 3 is 1.94 bits per heavy atom. The van der Waals surface area contributed by atoms with Crippen molar-refractivity contribution in [1.82, 2.24) is 0 Å². The second-order valence-corrected chi connectivity index (χ2v) is 14.7. The van der Waals surface area contributed by atoms with E-state index in [4.69, 9.17) is 9.47 Å². The minimum atomic E-state index is -1.88. The Balaban J connectivity index is 2.32. The van der Waals surface area contributed by atoms with Crippen LogP contribution in [0.3, 0.4) is 0 Å². The van der Waals surface area contributed by atoms with E-state index in [1.54, 1.807) is 0 Å². The molecule has 184 valence electrons. The predicted molar refractivity (Wildman–Crippen MR) is 142 cm³/mol. The Hall–Kier alpha value is -2.66. The zero-order valence-electron chi connectivity index (χ0n) is 21.7. The van der Waals surface area contributed by atoms with Crippen LogP contribution in [-0.2, 0) is 19.1 Å². The van der Waals surface area contributed by atoms with E-state index in [-0.39, 0.29) is 36.5 Å². The second kappa shape index (κ2) is 12.7. The summed E-state index contributed by atoms with van der Waals surface area (Å²) < 4.78 is 10.9. The van der Waals surface area contributed by atoms with Crippen LogP contribution in [0.2, 0.25) is 13.1 Å². The van der Waals surface area contributed by atoms with Gasteiger partial charge < -0.3 is 9.47 Å². The van der Waals surface area contributed by atoms with Gasteiger partial charge in [0.15, 0.2) is 0 Å². The smallest absolute Gasteiger partial charge is 0.302 e. The number of allylic oxidation sites excluding steroid dienone is 2. The van der Waals surface area contributed by atoms with E-state index in [0.29, 0.717) is 5.54 Å². The van der Waals surface area contributed by atoms with Crippen molar-refractivity contribution in [3.63, 3.8) is 0 Å². The van der Waals surface area contributed by atoms with Gasteiger partial charge in [-0.1, -0.05) is 104 Å². The first kappa shape index (κ1) is 27.6. The summed E-state index contributed by atoms with van der Waals surface area (Å²) in [5, 5.41) is 1.42. The Labute approximate surface area is 206 Å². The minimum absolute atomic E-state index is 0.0867. The molecule has 0 radical (unpaired) electrons. The average Bonchev–Trinajstić information content (AvgIpc) is 2.80. The third-order valence-electron chi connectivity index (χ3n) is 6.52. The van der Waals surface area contributed by atoms with E-state index in [1.807, 2.05) is 6.92 Å². The summed E-state index contributed by atoms with van der Waals surface area (Å²) in [5.41, 5.74) is 2.92. The largest absolute Gasteiger partial charge is 0.465 e. The molecule has 0 unspecified atom stereocenters. The number of hydrogen-bond acceptors (Lipinski definition) is 4. The summed E-state index contributed by atoms with van der Waals surface area (Å²) in [5.74, 6) is -0.636. The van der Waals surface area contributed by atoms with Crippen molar-refractivity contribution in [2.45, 2.75) is 65.8 Å². The van der Waals surface area contributed by atoms with E-state index >= 15 is 0 Å². The Morgan fingerprint density at radius 2 is 1.41 bits per heavy atom. The van der Waals surface area contributed by atoms with Crippen LogP contribution in [0.5, 0.6) is 0 Å². The topological polar surface area (TPSA) is 52.6 Å². The monoisotopic (exact) mass is 480 g/mol. The molecule has 0 spiro atoms. The molecule has 0 saturated heterocycles. The number of carbonyl (C=O) groups excluding carboxylic acids is 2. The highest BCUT2D eigenvalue weighted by atomic mass is 28.3. The van der Waals surface area contributed by atoms with Crippen LogP contribution in [0.15, 0.2) is 72.3 Å². The summed E-state index contributed by atoms with van der Waals surface area (Å²) >= 11 is 0. The first-order valence-corrected chi connectivity index (χ1v) is 15.2. The third-order valence-corrected chi connectivity index (χ3v) is 10.4. The maximum atomic E-state index is 11.8. The first-order chi connectivity index (χ1) is 16.0. The van der Waals surface area contributed by atoms with Crippen LogP contribution in [0, 0.1) is 11.8 Å². The number of ether oxygens (including phenoxy) is 2. The van der Waals surface area contributed by atoms with E-state index in [1.165, 1.54) is 30.2 Å². The lowest BCUT2D eigenvalue weighted by Crippen LogP contribution is -2.47. The van der Waals surface area contributed by atoms with Gasteiger partial charge in [0.05, 0.1) is 14.7 Å². The fourth-order valence-corrected chi connectivity index (χ4v) is 7.87. The van der Waals surface area contributed by atoms with Crippen LogP contribution in [0.1, 0.15) is 52.1 Å². The Kier molecular flexibility index (Phi) is 10.3. The molecule has 2 rings (SSSR count). The van der Waals surface area contributed by atoms with E-state index in [0.717, 1.165) is 6.42 Å². The van der Waals surface area contributed by atoms with Crippen LogP contribution < -0.4 is 5.19 Å². The molecule has 0 aliphatic rings. The number of carbonyl (C=O) groups is 2. The van der Waals surface area contributed by atoms with Gasteiger partial charge >= 0.3 is 11.9 Å². The molecule has 0 aromatic heterocycles. The second-order valence-electron chi connectivity index (χ2n) is 10.0. The molecule has 0 fully saturated rings. The molecule has 0 heterocycles. The van der Waals surface area contributed by atoms with E-state index in [2.05, 4.69) is 93.7 Å². The van der Waals surface area contributed by atoms with Gasteiger partial charge in [0, 0.05) is 25.3 Å². The van der Waals surface area contributed by atoms with Gasteiger partial charge in [0.25, 0.3) is 0 Å². The molecule has 0 saturated carbocycles. The average molecular weight is 481 g/mol. The maximum Gasteiger partial charge on any atom is 0.302 e. The molecule has 0 aliphatic heterocycles. The van der Waals surface area contributed by atoms with Gasteiger partial charge in [-0.05, 0) is 24.8 Å². The van der Waals surface area contributed by atoms with Crippen molar-refractivity contribution in [3.8, 4) is 0 Å². The molecule has 2 aromatic carbocycles. The highest BCUT2D eigenvalue weighted by Crippen LogP contribution is 2.32. The van der Waals surface area contributed by atoms with Gasteiger partial charge in [-0.3, -0.25) is 9.59 Å². The van der Waals surface area contributed by atoms with Crippen LogP contribution in [-0.4, -0.2) is 32.7 Å². The lowest BCUT2D eigenvalue weighted by molar-refractivity contribution is -0.155. The molecule has 5 heteroatoms. The number of benzene rings is 2. The van der Waals surface area contributed by atoms with Crippen LogP contribution >= 0.6 is 0 Å². The summed E-state index contributed by atoms with van der Waals surface area (Å²) in [6, 6.07) is 21.5. The number of esters is 2. The Bertz CT molecular complexity index is 953. The minimum Gasteiger partial charge on any atom is -0.465 e. The fraction of sp³-hybridized carbons (Fsp3) is 0.448. The van der Waals surface area contributed by atoms with Crippen molar-refractivity contribution >= 4 is 25.2 Å². The van der Waals surface area contributed by atoms with Crippen molar-refractivity contribution in [1.29, 1.82) is 0 Å². The molecule has 0 bridgehead atoms. The lowest BCUT2D eigenvalue weighted by Gasteiger charge is -2.33. The molecular formula is C29H40O4Si. The van der Waals surface area contributed by atoms with Crippen molar-refractivity contribution in [2.24, 2.45) is 11.8 Å². The SMILES string of the molecule is CC(=O)OC[C@H](C)[C@@H](OC(C)=O)[C@@H](C)C/C(C)=C/[C@H](c1ccccc1)[Si](C)(C)c1ccccc1. The zero-order valence-corrected chi connectivity index (χ0v) is 22.7. The zero-order chi connectivity index (χ0) is 25.3. The molecule has 34 heavy (non-hydrogen) atoms. The normalized spacial score (nSPS) is 15.7. The molecule has 2 aromatic rings. The molecular weight excluding hydrogens is 440 g/mol. The number of hydrogen-bond donors (Lipinski definition) is 0. The van der Waals surface area contributed by atoms with Gasteiger partial charge in [0.2, 0.25) is 0 Å². The van der Waals surface area contributed by atoms with Crippen molar-refractivity contribution in [3.05, 3.63) is 77.9 Å². The maximum absolute atomic E-state index is 11.8. The molecule has 0 N–H and O–H groups in total. The van der Waals surface area contributed by atoms with Crippen LogP contribution in [0.25, 0.3) is 0 Å². The molecule has 4 atom stereocenters. The molecule has 0 amide bonds. The number of rotatable bonds is 11. The highest BCUT2D eigenvalue weighted by Gasteiger charge is 2.34. The first-order valence-electron chi connectivity index (χ1n) is 12.1. The van der Waals surface area contributed by atoms with Crippen molar-refractivity contribution < 1.29 is 19.1 Å². The van der Waals surface area contributed by atoms with Crippen LogP contribution in [0.4, 0.5) is 0 Å². The van der Waals surface area contributed by atoms with Gasteiger partial charge in [-0.25, -0.2) is 0 Å². The quantitative estimate of drug-likeness (QED) is 0.224. The summed E-state index contributed by atoms with van der Waals surface area (Å²) in [6.45, 7) is 14.2. The van der Waals surface area contributed by atoms with Gasteiger partial charge in [0.1, 0.15) is 6.10 Å². The Morgan fingerprint density at radius 1 is 0.853 bits per heavy atom. The van der Waals surface area contributed by atoms with Gasteiger partial charge in [-0.15, -0.1) is 0 Å². The van der Waals surface area contributed by atoms with Gasteiger partial charge in [-0.2, -0.15) is 0 Å².